The van der Waals surface area contributed by atoms with E-state index in [2.05, 4.69) is 24.3 Å². The van der Waals surface area contributed by atoms with Crippen LogP contribution in [0.3, 0.4) is 0 Å². The molecule has 4 rings (SSSR count). The summed E-state index contributed by atoms with van der Waals surface area (Å²) in [6.07, 6.45) is 0. The van der Waals surface area contributed by atoms with Crippen LogP contribution in [0.1, 0.15) is 21.5 Å². The molecule has 0 atom stereocenters. The van der Waals surface area contributed by atoms with E-state index >= 15 is 0 Å². The molecule has 7 heteroatoms. The predicted octanol–water partition coefficient (Wildman–Crippen LogP) is 4.21. The van der Waals surface area contributed by atoms with Gasteiger partial charge in [-0.2, -0.15) is 4.31 Å². The van der Waals surface area contributed by atoms with Crippen molar-refractivity contribution in [2.45, 2.75) is 18.7 Å². The Labute approximate surface area is 188 Å². The Morgan fingerprint density at radius 2 is 1.50 bits per heavy atom. The van der Waals surface area contributed by atoms with Crippen LogP contribution in [-0.2, 0) is 14.8 Å². The van der Waals surface area contributed by atoms with Crippen LogP contribution in [-0.4, -0.2) is 45.0 Å². The molecule has 1 heterocycles. The van der Waals surface area contributed by atoms with Gasteiger partial charge >= 0.3 is 5.97 Å². The summed E-state index contributed by atoms with van der Waals surface area (Å²) < 4.78 is 37.6. The minimum atomic E-state index is -3.60. The fourth-order valence-electron chi connectivity index (χ4n) is 3.55. The summed E-state index contributed by atoms with van der Waals surface area (Å²) >= 11 is 0. The number of aryl methyl sites for hydroxylation is 2. The predicted molar refractivity (Wildman–Crippen MR) is 122 cm³/mol. The molecule has 0 bridgehead atoms. The Kier molecular flexibility index (Phi) is 6.41. The van der Waals surface area contributed by atoms with Crippen LogP contribution in [0.2, 0.25) is 0 Å². The first kappa shape index (κ1) is 22.2. The lowest BCUT2D eigenvalue weighted by Crippen LogP contribution is -2.40. The van der Waals surface area contributed by atoms with E-state index in [9.17, 15) is 13.2 Å². The molecule has 1 fully saturated rings. The molecular weight excluding hydrogens is 426 g/mol. The van der Waals surface area contributed by atoms with Gasteiger partial charge in [-0.05, 0) is 66.9 Å². The third-order valence-corrected chi connectivity index (χ3v) is 7.37. The molecule has 3 aromatic rings. The van der Waals surface area contributed by atoms with Crippen molar-refractivity contribution in [1.82, 2.24) is 4.31 Å². The lowest BCUT2D eigenvalue weighted by molar-refractivity contribution is 0.0730. The van der Waals surface area contributed by atoms with Crippen LogP contribution in [0.15, 0.2) is 71.6 Å². The van der Waals surface area contributed by atoms with Gasteiger partial charge in [0.15, 0.2) is 0 Å². The van der Waals surface area contributed by atoms with E-state index in [4.69, 9.17) is 9.47 Å². The molecular formula is C25H25NO5S. The van der Waals surface area contributed by atoms with Crippen molar-refractivity contribution in [1.29, 1.82) is 0 Å². The van der Waals surface area contributed by atoms with E-state index in [1.165, 1.54) is 34.1 Å². The number of esters is 1. The largest absolute Gasteiger partial charge is 0.423 e. The molecule has 0 aliphatic carbocycles. The molecule has 1 saturated heterocycles. The van der Waals surface area contributed by atoms with Crippen LogP contribution in [0.5, 0.6) is 5.75 Å². The number of carbonyl (C=O) groups excluding carboxylic acids is 1. The molecule has 0 unspecified atom stereocenters. The molecule has 0 aromatic heterocycles. The fourth-order valence-corrected chi connectivity index (χ4v) is 4.96. The molecule has 0 spiro atoms. The Hall–Kier alpha value is -3.00. The molecule has 0 saturated carbocycles. The monoisotopic (exact) mass is 451 g/mol. The summed E-state index contributed by atoms with van der Waals surface area (Å²) in [5.41, 5.74) is 4.45. The van der Waals surface area contributed by atoms with Crippen molar-refractivity contribution < 1.29 is 22.7 Å². The van der Waals surface area contributed by atoms with Crippen molar-refractivity contribution in [3.05, 3.63) is 83.4 Å². The summed E-state index contributed by atoms with van der Waals surface area (Å²) in [6, 6.07) is 19.7. The van der Waals surface area contributed by atoms with Gasteiger partial charge in [0.05, 0.1) is 23.7 Å². The summed E-state index contributed by atoms with van der Waals surface area (Å²) in [5, 5.41) is 0. The number of benzene rings is 3. The first-order valence-electron chi connectivity index (χ1n) is 10.4. The minimum Gasteiger partial charge on any atom is -0.423 e. The van der Waals surface area contributed by atoms with E-state index in [1.807, 2.05) is 26.0 Å². The molecule has 32 heavy (non-hydrogen) atoms. The Balaban J connectivity index is 1.47. The van der Waals surface area contributed by atoms with Crippen molar-refractivity contribution in [2.24, 2.45) is 0 Å². The molecule has 6 nitrogen and oxygen atoms in total. The normalized spacial score (nSPS) is 14.8. The highest BCUT2D eigenvalue weighted by Gasteiger charge is 2.26. The van der Waals surface area contributed by atoms with E-state index in [0.717, 1.165) is 16.7 Å². The summed E-state index contributed by atoms with van der Waals surface area (Å²) in [5.74, 6) is -0.0672. The Morgan fingerprint density at radius 3 is 2.12 bits per heavy atom. The third kappa shape index (κ3) is 4.75. The van der Waals surface area contributed by atoms with Crippen LogP contribution in [0.25, 0.3) is 11.1 Å². The van der Waals surface area contributed by atoms with Crippen LogP contribution in [0.4, 0.5) is 0 Å². The number of rotatable bonds is 5. The zero-order valence-electron chi connectivity index (χ0n) is 18.1. The Bertz CT molecular complexity index is 1210. The van der Waals surface area contributed by atoms with Crippen molar-refractivity contribution >= 4 is 16.0 Å². The molecule has 166 valence electrons. The number of sulfonamides is 1. The summed E-state index contributed by atoms with van der Waals surface area (Å²) in [6.45, 7) is 5.34. The molecule has 3 aromatic carbocycles. The molecule has 1 aliphatic rings. The topological polar surface area (TPSA) is 72.9 Å². The van der Waals surface area contributed by atoms with Gasteiger partial charge in [-0.3, -0.25) is 0 Å². The van der Waals surface area contributed by atoms with E-state index < -0.39 is 16.0 Å². The first-order chi connectivity index (χ1) is 15.3. The quantitative estimate of drug-likeness (QED) is 0.429. The van der Waals surface area contributed by atoms with Gasteiger partial charge in [0.1, 0.15) is 5.75 Å². The number of hydrogen-bond donors (Lipinski definition) is 0. The van der Waals surface area contributed by atoms with Gasteiger partial charge in [0.2, 0.25) is 10.0 Å². The van der Waals surface area contributed by atoms with Gasteiger partial charge in [-0.25, -0.2) is 13.2 Å². The number of nitrogens with zero attached hydrogens (tertiary/aromatic N) is 1. The van der Waals surface area contributed by atoms with Gasteiger partial charge in [-0.1, -0.05) is 35.9 Å². The molecule has 0 N–H and O–H groups in total. The smallest absolute Gasteiger partial charge is 0.343 e. The average Bonchev–Trinajstić information content (AvgIpc) is 2.81. The second-order valence-electron chi connectivity index (χ2n) is 7.78. The second-order valence-corrected chi connectivity index (χ2v) is 9.71. The van der Waals surface area contributed by atoms with E-state index in [0.29, 0.717) is 32.1 Å². The number of hydrogen-bond acceptors (Lipinski definition) is 5. The zero-order chi connectivity index (χ0) is 22.7. The van der Waals surface area contributed by atoms with Gasteiger partial charge in [0, 0.05) is 13.1 Å². The first-order valence-corrected chi connectivity index (χ1v) is 11.9. The summed E-state index contributed by atoms with van der Waals surface area (Å²) in [4.78, 5) is 12.8. The maximum absolute atomic E-state index is 12.7. The molecule has 1 aliphatic heterocycles. The third-order valence-electron chi connectivity index (χ3n) is 5.46. The zero-order valence-corrected chi connectivity index (χ0v) is 18.9. The van der Waals surface area contributed by atoms with Crippen LogP contribution in [0, 0.1) is 13.8 Å². The highest BCUT2D eigenvalue weighted by molar-refractivity contribution is 7.89. The fraction of sp³-hybridized carbons (Fsp3) is 0.240. The maximum atomic E-state index is 12.7. The van der Waals surface area contributed by atoms with Crippen LogP contribution >= 0.6 is 0 Å². The number of ether oxygens (including phenoxy) is 2. The highest BCUT2D eigenvalue weighted by Crippen LogP contribution is 2.27. The molecule has 0 radical (unpaired) electrons. The lowest BCUT2D eigenvalue weighted by atomic mass is 10.0. The maximum Gasteiger partial charge on any atom is 0.343 e. The van der Waals surface area contributed by atoms with Gasteiger partial charge in [-0.15, -0.1) is 0 Å². The number of carbonyl (C=O) groups is 1. The minimum absolute atomic E-state index is 0.148. The Morgan fingerprint density at radius 1 is 0.875 bits per heavy atom. The van der Waals surface area contributed by atoms with E-state index in [-0.39, 0.29) is 10.5 Å². The second kappa shape index (κ2) is 9.24. The molecule has 0 amide bonds. The van der Waals surface area contributed by atoms with E-state index in [1.54, 1.807) is 6.07 Å². The SMILES string of the molecule is Cc1ccc(-c2ccc(OC(=O)c3ccc(S(=O)(=O)N4CCOCC4)cc3)c(C)c2)cc1. The van der Waals surface area contributed by atoms with Crippen LogP contribution < -0.4 is 4.74 Å². The average molecular weight is 452 g/mol. The van der Waals surface area contributed by atoms with Crippen molar-refractivity contribution in [2.75, 3.05) is 26.3 Å². The lowest BCUT2D eigenvalue weighted by Gasteiger charge is -2.26. The summed E-state index contributed by atoms with van der Waals surface area (Å²) in [7, 11) is -3.60. The highest BCUT2D eigenvalue weighted by atomic mass is 32.2. The van der Waals surface area contributed by atoms with Crippen molar-refractivity contribution in [3.8, 4) is 16.9 Å². The number of morpholine rings is 1. The van der Waals surface area contributed by atoms with Gasteiger partial charge < -0.3 is 9.47 Å². The van der Waals surface area contributed by atoms with Gasteiger partial charge in [0.25, 0.3) is 0 Å². The standard InChI is InChI=1S/C25H25NO5S/c1-18-3-5-20(6-4-18)22-9-12-24(19(2)17-22)31-25(27)21-7-10-23(11-8-21)32(28,29)26-13-15-30-16-14-26/h3-12,17H,13-16H2,1-2H3. The van der Waals surface area contributed by atoms with Crippen molar-refractivity contribution in [3.63, 3.8) is 0 Å².